The van der Waals surface area contributed by atoms with Crippen molar-refractivity contribution in [3.8, 4) is 5.88 Å². The van der Waals surface area contributed by atoms with Crippen molar-refractivity contribution in [1.29, 1.82) is 0 Å². The molecule has 0 saturated heterocycles. The largest absolute Gasteiger partial charge is 0.474 e. The summed E-state index contributed by atoms with van der Waals surface area (Å²) in [5.41, 5.74) is 9.45. The molecule has 0 aromatic carbocycles. The number of hydrazine groups is 1. The highest BCUT2D eigenvalue weighted by atomic mass is 16.5. The average Bonchev–Trinajstić information content (AvgIpc) is 1.73. The van der Waals surface area contributed by atoms with Gasteiger partial charge < -0.3 is 90.7 Å². The number of nitrogens with zero attached hydrogens (tertiary/aromatic N) is 17. The van der Waals surface area contributed by atoms with Crippen LogP contribution in [0.3, 0.4) is 0 Å². The smallest absolute Gasteiger partial charge is 0.329 e. The Bertz CT molecular complexity index is 6000. The lowest BCUT2D eigenvalue weighted by Crippen LogP contribution is -2.43. The highest BCUT2D eigenvalue weighted by molar-refractivity contribution is 5.98. The number of anilines is 1. The van der Waals surface area contributed by atoms with Gasteiger partial charge in [-0.3, -0.25) is 77.5 Å². The van der Waals surface area contributed by atoms with Crippen LogP contribution in [0, 0.1) is 13.8 Å². The van der Waals surface area contributed by atoms with E-state index < -0.39 is 11.2 Å². The van der Waals surface area contributed by atoms with Crippen LogP contribution < -0.4 is 75.4 Å². The van der Waals surface area contributed by atoms with Crippen molar-refractivity contribution in [3.05, 3.63) is 200 Å². The summed E-state index contributed by atoms with van der Waals surface area (Å²) in [5.74, 6) is 1.14. The summed E-state index contributed by atoms with van der Waals surface area (Å²) < 4.78 is 7.52. The second kappa shape index (κ2) is 36.3. The van der Waals surface area contributed by atoms with Crippen molar-refractivity contribution in [3.63, 3.8) is 0 Å². The van der Waals surface area contributed by atoms with E-state index >= 15 is 0 Å². The number of fused-ring (bicyclic) bond motifs is 9. The maximum Gasteiger partial charge on any atom is 0.329 e. The first-order chi connectivity index (χ1) is 53.5. The van der Waals surface area contributed by atoms with E-state index in [1.54, 1.807) is 25.3 Å². The Morgan fingerprint density at radius 2 is 1.14 bits per heavy atom. The predicted molar refractivity (Wildman–Crippen MR) is 391 cm³/mol. The zero-order chi connectivity index (χ0) is 79.3. The van der Waals surface area contributed by atoms with Gasteiger partial charge in [0, 0.05) is 65.8 Å². The lowest BCUT2D eigenvalue weighted by Gasteiger charge is -2.21. The van der Waals surface area contributed by atoms with Gasteiger partial charge in [-0.15, -0.1) is 0 Å². The van der Waals surface area contributed by atoms with Gasteiger partial charge in [0.1, 0.15) is 40.5 Å². The van der Waals surface area contributed by atoms with E-state index in [1.165, 1.54) is 81.1 Å². The highest BCUT2D eigenvalue weighted by Gasteiger charge is 2.24. The lowest BCUT2D eigenvalue weighted by molar-refractivity contribution is 0.0777. The molecule has 4 aliphatic heterocycles. The lowest BCUT2D eigenvalue weighted by atomic mass is 10.2. The molecule has 19 rings (SSSR count). The third kappa shape index (κ3) is 19.4. The molecule has 0 bridgehead atoms. The van der Waals surface area contributed by atoms with Gasteiger partial charge in [0.15, 0.2) is 56.2 Å². The number of likely N-dealkylation sites (N-methyl/N-ethyl adjacent to an activating group) is 1. The average molecular weight is 1530 g/mol. The number of aryl methyl sites for hydroxylation is 5. The molecule has 0 radical (unpaired) electrons. The van der Waals surface area contributed by atoms with Crippen LogP contribution in [0.5, 0.6) is 5.88 Å². The van der Waals surface area contributed by atoms with Crippen LogP contribution in [0.1, 0.15) is 88.7 Å². The molecule has 15 aromatic heterocycles. The van der Waals surface area contributed by atoms with Crippen LogP contribution >= 0.6 is 0 Å². The van der Waals surface area contributed by atoms with Crippen molar-refractivity contribution < 1.29 is 28.7 Å². The first-order valence-corrected chi connectivity index (χ1v) is 33.0. The molecule has 5 amide bonds. The van der Waals surface area contributed by atoms with Crippen molar-refractivity contribution in [2.45, 2.75) is 40.2 Å². The molecule has 19 heterocycles. The molecule has 111 heavy (non-hydrogen) atoms. The predicted octanol–water partition coefficient (Wildman–Crippen LogP) is -3.68. The fourth-order valence-electron chi connectivity index (χ4n) is 10.1. The number of rotatable bonds is 2. The number of imidazole rings is 10. The van der Waals surface area contributed by atoms with Gasteiger partial charge in [-0.2, -0.15) is 5.10 Å². The van der Waals surface area contributed by atoms with Gasteiger partial charge >= 0.3 is 5.69 Å². The first-order valence-electron chi connectivity index (χ1n) is 33.0. The van der Waals surface area contributed by atoms with Crippen molar-refractivity contribution in [1.82, 2.24) is 181 Å². The molecule has 50 heteroatoms. The number of aromatic amines is 15. The number of aromatic nitrogens is 30. The summed E-state index contributed by atoms with van der Waals surface area (Å²) in [5, 5.41) is 20.7. The summed E-state index contributed by atoms with van der Waals surface area (Å²) >= 11 is 0. The molecule has 50 nitrogen and oxygen atoms in total. The molecular weight excluding hydrogens is 1460 g/mol. The Morgan fingerprint density at radius 3 is 1.87 bits per heavy atom. The van der Waals surface area contributed by atoms with Crippen LogP contribution in [0.15, 0.2) is 109 Å². The van der Waals surface area contributed by atoms with Crippen LogP contribution in [0.4, 0.5) is 5.82 Å². The molecule has 0 unspecified atom stereocenters. The van der Waals surface area contributed by atoms with Gasteiger partial charge in [-0.1, -0.05) is 0 Å². The van der Waals surface area contributed by atoms with Gasteiger partial charge in [0.25, 0.3) is 62.9 Å². The molecule has 0 saturated carbocycles. The van der Waals surface area contributed by atoms with Crippen LogP contribution in [-0.2, 0) is 27.1 Å². The molecule has 578 valence electrons. The number of carbonyl (C=O) groups excluding carboxylic acids is 5. The van der Waals surface area contributed by atoms with E-state index in [-0.39, 0.29) is 68.4 Å². The quantitative estimate of drug-likeness (QED) is 0.0793. The number of carbonyl (C=O) groups is 5. The first kappa shape index (κ1) is 77.9. The zero-order valence-electron chi connectivity index (χ0n) is 59.7. The van der Waals surface area contributed by atoms with Crippen molar-refractivity contribution in [2.75, 3.05) is 58.3 Å². The summed E-state index contributed by atoms with van der Waals surface area (Å²) in [4.78, 5) is 216. The molecule has 15 aromatic rings. The monoisotopic (exact) mass is 1530 g/mol. The molecule has 0 fully saturated rings. The zero-order valence-corrected chi connectivity index (χ0v) is 59.7. The summed E-state index contributed by atoms with van der Waals surface area (Å²) in [6, 6.07) is 0. The Kier molecular flexibility index (Phi) is 25.5. The Balaban J connectivity index is 0.000000131. The number of nitrogens with one attached hydrogen (secondary N) is 20. The summed E-state index contributed by atoms with van der Waals surface area (Å²) in [7, 11) is 6.74. The molecule has 0 atom stereocenters. The SMILES string of the molecule is CCNC(=O)c1nc[nH]c1C.CN1CCNC(=O)c2[nH]cnc21.CN1Cc2[nH]cnc2C(=O)N1.Cc1nc2nc[nH]c2c(=O)[nH]1.Cn1[nH]c(=O)c2nc[nH]c2c1=O.Cn1c(=O)[nH]c(=O)c2[nH]cnc21.O=C1NCCCc2[nH]cnc21.O=C1NCCOc2nc[nH]c21.O=c1[nH]cnc2nc[nH]c12.O=c1[nH]ncc2[nH]cnc12. The van der Waals surface area contributed by atoms with Gasteiger partial charge in [-0.05, 0) is 33.6 Å². The van der Waals surface area contributed by atoms with Gasteiger partial charge in [-0.25, -0.2) is 74.7 Å². The van der Waals surface area contributed by atoms with Crippen molar-refractivity contribution >= 4 is 90.9 Å². The van der Waals surface area contributed by atoms with E-state index in [9.17, 15) is 57.5 Å². The minimum absolute atomic E-state index is 0.0567. The topological polar surface area (TPSA) is 695 Å². The third-order valence-electron chi connectivity index (χ3n) is 15.4. The fourth-order valence-corrected chi connectivity index (χ4v) is 10.1. The van der Waals surface area contributed by atoms with Gasteiger partial charge in [0.2, 0.25) is 5.88 Å². The highest BCUT2D eigenvalue weighted by Crippen LogP contribution is 2.16. The minimum Gasteiger partial charge on any atom is -0.474 e. The molecule has 0 spiro atoms. The minimum atomic E-state index is -0.459. The summed E-state index contributed by atoms with van der Waals surface area (Å²) in [6.45, 7) is 9.94. The van der Waals surface area contributed by atoms with E-state index in [0.717, 1.165) is 53.5 Å². The maximum atomic E-state index is 11.3. The number of H-pyrrole nitrogens is 15. The van der Waals surface area contributed by atoms with E-state index in [0.29, 0.717) is 117 Å². The van der Waals surface area contributed by atoms with Crippen molar-refractivity contribution in [2.24, 2.45) is 14.1 Å². The maximum absolute atomic E-state index is 11.3. The Hall–Kier alpha value is -15.7. The van der Waals surface area contributed by atoms with E-state index in [1.807, 2.05) is 32.8 Å². The second-order valence-corrected chi connectivity index (χ2v) is 23.1. The van der Waals surface area contributed by atoms with Gasteiger partial charge in [0.05, 0.1) is 100 Å². The Morgan fingerprint density at radius 1 is 0.532 bits per heavy atom. The standard InChI is InChI=1S/C7H10N4O.C7H9N3O.C7H11N3O.2C6H6N4O2.C6H8N4O.C6H6N4O.C6H7N3O2.2C5H4N4O/c1-11-3-2-8-7(12)5-6(11)10-4-9-5;11-7-6-5(9-4-10-6)2-1-3-8-7;1-3-8-7(11)6-5(2)9-4-10-6;1-10-4-3(7-2-8-4)5(11)9-6(10)12;1-10-6(12)4-3(5(11)9-10)7-2-8-4;1-10-2-4-5(6(11)9-10)8-3-7-4;1-3-9-5-4(6(11)10-3)7-2-8-5;10-5-4-6(9-3-8-4)11-2-1-7-5;10-5-3-4(7-1-6-3)8-2-9-5;10-5-4-3(1-8-9-5)6-2-7-4/h4H,2-3H2,1H3,(H,8,12)(H,9,10);4H,1-3H2,(H,8,11)(H,9,10);4H,3H2,1-2H3,(H,8,11)(H,9,10);2H,1H3,(H,7,8)(H,9,11,12);2H,1H3,(H,7,8)(H,9,11);3H,2H2,1H3,(H,7,8)(H,9,11);2H,1H3,(H2,7,8,9,10,11);3H,1-2H2,(H,7,10)(H,8,9);1-2H,(H2,6,7,8,9,10);1-2H,(H,6,7)(H,9,10). The molecular formula is C61H71N37O13. The number of ether oxygens (including phenoxy) is 1. The van der Waals surface area contributed by atoms with E-state index in [4.69, 9.17) is 4.74 Å². The number of hydrogen-bond donors (Lipinski definition) is 20. The third-order valence-corrected chi connectivity index (χ3v) is 15.4. The van der Waals surface area contributed by atoms with E-state index in [2.05, 4.69) is 167 Å². The fraction of sp³-hybridized carbons (Fsp3) is 0.262. The van der Waals surface area contributed by atoms with Crippen LogP contribution in [0.2, 0.25) is 0 Å². The molecule has 0 aliphatic carbocycles. The normalized spacial score (nSPS) is 13.1. The number of hydrogen-bond acceptors (Lipinski definition) is 28. The Labute approximate surface area is 616 Å². The summed E-state index contributed by atoms with van der Waals surface area (Å²) in [6.07, 6.45) is 19.4. The molecule has 4 aliphatic rings. The number of amides is 5. The molecule has 20 N–H and O–H groups in total. The second-order valence-electron chi connectivity index (χ2n) is 23.1. The van der Waals surface area contributed by atoms with Crippen LogP contribution in [-0.4, -0.2) is 237 Å². The van der Waals surface area contributed by atoms with Crippen LogP contribution in [0.25, 0.3) is 55.6 Å².